The summed E-state index contributed by atoms with van der Waals surface area (Å²) in [7, 11) is -4.22. The van der Waals surface area contributed by atoms with Crippen molar-refractivity contribution >= 4 is 21.7 Å². The standard InChI is InChI=1S/C15H14FNO4S/c1-2-10-5-3-4-6-13(10)17-22(20,21)14-9-11(15(18)19)7-8-12(14)16/h3-9,17H,2H2,1H3,(H,18,19). The van der Waals surface area contributed by atoms with Crippen molar-refractivity contribution < 1.29 is 22.7 Å². The number of aromatic carboxylic acids is 1. The predicted molar refractivity (Wildman–Crippen MR) is 80.0 cm³/mol. The Morgan fingerprint density at radius 3 is 2.55 bits per heavy atom. The molecule has 2 aromatic rings. The van der Waals surface area contributed by atoms with Crippen LogP contribution in [0.15, 0.2) is 47.4 Å². The van der Waals surface area contributed by atoms with E-state index in [1.54, 1.807) is 24.3 Å². The molecule has 116 valence electrons. The average Bonchev–Trinajstić information content (AvgIpc) is 2.47. The Bertz CT molecular complexity index is 818. The molecule has 7 heteroatoms. The van der Waals surface area contributed by atoms with Gasteiger partial charge in [-0.05, 0) is 36.2 Å². The summed E-state index contributed by atoms with van der Waals surface area (Å²) in [6.07, 6.45) is 0.594. The molecule has 0 aliphatic heterocycles. The minimum absolute atomic E-state index is 0.300. The maximum absolute atomic E-state index is 13.8. The van der Waals surface area contributed by atoms with Gasteiger partial charge in [-0.15, -0.1) is 0 Å². The highest BCUT2D eigenvalue weighted by Gasteiger charge is 2.22. The van der Waals surface area contributed by atoms with E-state index < -0.39 is 26.7 Å². The molecule has 0 heterocycles. The van der Waals surface area contributed by atoms with Gasteiger partial charge in [-0.25, -0.2) is 17.6 Å². The number of aryl methyl sites for hydroxylation is 1. The van der Waals surface area contributed by atoms with E-state index in [1.165, 1.54) is 0 Å². The Hall–Kier alpha value is -2.41. The van der Waals surface area contributed by atoms with Gasteiger partial charge in [-0.1, -0.05) is 25.1 Å². The summed E-state index contributed by atoms with van der Waals surface area (Å²) >= 11 is 0. The van der Waals surface area contributed by atoms with Crippen LogP contribution in [-0.4, -0.2) is 19.5 Å². The van der Waals surface area contributed by atoms with Crippen molar-refractivity contribution in [3.63, 3.8) is 0 Å². The van der Waals surface area contributed by atoms with Gasteiger partial charge in [0.05, 0.1) is 11.3 Å². The lowest BCUT2D eigenvalue weighted by molar-refractivity contribution is 0.0696. The number of hydrogen-bond acceptors (Lipinski definition) is 3. The zero-order valence-electron chi connectivity index (χ0n) is 11.7. The summed E-state index contributed by atoms with van der Waals surface area (Å²) in [4.78, 5) is 10.2. The number of para-hydroxylation sites is 1. The SMILES string of the molecule is CCc1ccccc1NS(=O)(=O)c1cc(C(=O)O)ccc1F. The Morgan fingerprint density at radius 1 is 1.23 bits per heavy atom. The molecule has 0 saturated heterocycles. The second-order valence-corrected chi connectivity index (χ2v) is 6.22. The molecule has 2 aromatic carbocycles. The molecule has 0 fully saturated rings. The lowest BCUT2D eigenvalue weighted by atomic mass is 10.1. The van der Waals surface area contributed by atoms with Crippen molar-refractivity contribution in [1.29, 1.82) is 0 Å². The molecule has 0 amide bonds. The molecular weight excluding hydrogens is 309 g/mol. The van der Waals surface area contributed by atoms with Crippen molar-refractivity contribution in [2.24, 2.45) is 0 Å². The molecule has 5 nitrogen and oxygen atoms in total. The first kappa shape index (κ1) is 16.0. The molecule has 0 saturated carbocycles. The average molecular weight is 323 g/mol. The smallest absolute Gasteiger partial charge is 0.335 e. The molecule has 2 N–H and O–H groups in total. The van der Waals surface area contributed by atoms with Crippen molar-refractivity contribution in [3.8, 4) is 0 Å². The summed E-state index contributed by atoms with van der Waals surface area (Å²) in [5.41, 5.74) is 0.788. The van der Waals surface area contributed by atoms with Crippen LogP contribution >= 0.6 is 0 Å². The molecule has 0 bridgehead atoms. The van der Waals surface area contributed by atoms with Crippen LogP contribution in [0.3, 0.4) is 0 Å². The predicted octanol–water partition coefficient (Wildman–Crippen LogP) is 2.89. The van der Waals surface area contributed by atoms with Crippen molar-refractivity contribution in [3.05, 3.63) is 59.4 Å². The molecule has 0 radical (unpaired) electrons. The van der Waals surface area contributed by atoms with Gasteiger partial charge in [0.2, 0.25) is 0 Å². The summed E-state index contributed by atoms with van der Waals surface area (Å²) < 4.78 is 40.7. The largest absolute Gasteiger partial charge is 0.478 e. The first-order valence-electron chi connectivity index (χ1n) is 6.48. The lowest BCUT2D eigenvalue weighted by Gasteiger charge is -2.12. The van der Waals surface area contributed by atoms with Crippen molar-refractivity contribution in [2.75, 3.05) is 4.72 Å². The van der Waals surface area contributed by atoms with E-state index in [4.69, 9.17) is 5.11 Å². The topological polar surface area (TPSA) is 83.5 Å². The van der Waals surface area contributed by atoms with E-state index in [1.807, 2.05) is 6.92 Å². The lowest BCUT2D eigenvalue weighted by Crippen LogP contribution is -2.16. The summed E-state index contributed by atoms with van der Waals surface area (Å²) in [5, 5.41) is 8.90. The minimum Gasteiger partial charge on any atom is -0.478 e. The van der Waals surface area contributed by atoms with Crippen LogP contribution < -0.4 is 4.72 Å². The third-order valence-corrected chi connectivity index (χ3v) is 4.49. The van der Waals surface area contributed by atoms with Crippen LogP contribution in [0.5, 0.6) is 0 Å². The Morgan fingerprint density at radius 2 is 1.91 bits per heavy atom. The fourth-order valence-corrected chi connectivity index (χ4v) is 3.18. The molecule has 0 spiro atoms. The molecule has 0 aliphatic carbocycles. The first-order chi connectivity index (χ1) is 10.3. The number of halogens is 1. The molecule has 0 aromatic heterocycles. The first-order valence-corrected chi connectivity index (χ1v) is 7.97. The third-order valence-electron chi connectivity index (χ3n) is 3.11. The molecule has 2 rings (SSSR count). The van der Waals surface area contributed by atoms with E-state index in [2.05, 4.69) is 4.72 Å². The number of carbonyl (C=O) groups is 1. The van der Waals surface area contributed by atoms with Crippen LogP contribution in [0, 0.1) is 5.82 Å². The van der Waals surface area contributed by atoms with E-state index in [0.29, 0.717) is 12.1 Å². The van der Waals surface area contributed by atoms with Gasteiger partial charge < -0.3 is 5.11 Å². The fourth-order valence-electron chi connectivity index (χ4n) is 1.97. The van der Waals surface area contributed by atoms with Gasteiger partial charge in [0.1, 0.15) is 10.7 Å². The third kappa shape index (κ3) is 3.25. The number of nitrogens with one attached hydrogen (secondary N) is 1. The van der Waals surface area contributed by atoms with E-state index in [9.17, 15) is 17.6 Å². The second kappa shape index (κ2) is 6.15. The Kier molecular flexibility index (Phi) is 4.46. The van der Waals surface area contributed by atoms with E-state index in [-0.39, 0.29) is 5.56 Å². The maximum atomic E-state index is 13.8. The van der Waals surface area contributed by atoms with Crippen LogP contribution in [-0.2, 0) is 16.4 Å². The number of carboxylic acid groups (broad SMARTS) is 1. The van der Waals surface area contributed by atoms with E-state index >= 15 is 0 Å². The number of benzene rings is 2. The summed E-state index contributed by atoms with van der Waals surface area (Å²) in [6, 6.07) is 9.37. The van der Waals surface area contributed by atoms with Gasteiger partial charge >= 0.3 is 5.97 Å². The maximum Gasteiger partial charge on any atom is 0.335 e. The highest BCUT2D eigenvalue weighted by Crippen LogP contribution is 2.23. The quantitative estimate of drug-likeness (QED) is 0.886. The number of sulfonamides is 1. The fraction of sp³-hybridized carbons (Fsp3) is 0.133. The minimum atomic E-state index is -4.22. The monoisotopic (exact) mass is 323 g/mol. The zero-order chi connectivity index (χ0) is 16.3. The zero-order valence-corrected chi connectivity index (χ0v) is 12.5. The highest BCUT2D eigenvalue weighted by atomic mass is 32.2. The van der Waals surface area contributed by atoms with Gasteiger partial charge in [0, 0.05) is 0 Å². The van der Waals surface area contributed by atoms with Crippen molar-refractivity contribution in [1.82, 2.24) is 0 Å². The molecular formula is C15H14FNO4S. The summed E-state index contributed by atoms with van der Waals surface area (Å²) in [6.45, 7) is 1.86. The summed E-state index contributed by atoms with van der Waals surface area (Å²) in [5.74, 6) is -2.34. The van der Waals surface area contributed by atoms with Crippen molar-refractivity contribution in [2.45, 2.75) is 18.2 Å². The number of anilines is 1. The van der Waals surface area contributed by atoms with Gasteiger partial charge in [0.25, 0.3) is 10.0 Å². The highest BCUT2D eigenvalue weighted by molar-refractivity contribution is 7.92. The van der Waals surface area contributed by atoms with Crippen LogP contribution in [0.1, 0.15) is 22.8 Å². The van der Waals surface area contributed by atoms with Crippen LogP contribution in [0.4, 0.5) is 10.1 Å². The number of carboxylic acids is 1. The second-order valence-electron chi connectivity index (χ2n) is 4.57. The Labute approximate surface area is 127 Å². The van der Waals surface area contributed by atoms with Gasteiger partial charge in [-0.3, -0.25) is 4.72 Å². The molecule has 0 atom stereocenters. The number of rotatable bonds is 5. The normalized spacial score (nSPS) is 11.2. The molecule has 0 unspecified atom stereocenters. The van der Waals surface area contributed by atoms with Gasteiger partial charge in [0.15, 0.2) is 0 Å². The van der Waals surface area contributed by atoms with Gasteiger partial charge in [-0.2, -0.15) is 0 Å². The van der Waals surface area contributed by atoms with E-state index in [0.717, 1.165) is 23.8 Å². The van der Waals surface area contributed by atoms with Crippen LogP contribution in [0.25, 0.3) is 0 Å². The molecule has 0 aliphatic rings. The number of hydrogen-bond donors (Lipinski definition) is 2. The molecule has 22 heavy (non-hydrogen) atoms. The van der Waals surface area contributed by atoms with Crippen LogP contribution in [0.2, 0.25) is 0 Å². The Balaban J connectivity index is 2.47.